The third-order valence-electron chi connectivity index (χ3n) is 3.34. The van der Waals surface area contributed by atoms with Crippen molar-refractivity contribution in [1.82, 2.24) is 0 Å². The molecule has 124 valence electrons. The molecule has 2 rings (SSSR count). The number of hydrogen-bond donors (Lipinski definition) is 1. The minimum atomic E-state index is -4.41. The molecule has 0 heterocycles. The number of rotatable bonds is 5. The van der Waals surface area contributed by atoms with Crippen molar-refractivity contribution in [2.75, 3.05) is 4.72 Å². The molecular weight excluding hydrogens is 323 g/mol. The standard InChI is InChI=1S/C17H18F3NOS/c1-3-4-13-5-9-15(10-6-13)21-23(2,22)16-11-7-14(8-12-16)17(18,19)20/h5-12H,2-4H2,1H3,(H,21,22). The van der Waals surface area contributed by atoms with Gasteiger partial charge in [0.1, 0.15) is 0 Å². The third-order valence-corrected chi connectivity index (χ3v) is 4.94. The molecule has 0 bridgehead atoms. The molecule has 0 saturated carbocycles. The van der Waals surface area contributed by atoms with Crippen LogP contribution in [0.25, 0.3) is 0 Å². The summed E-state index contributed by atoms with van der Waals surface area (Å²) in [6.45, 7) is 2.08. The number of aryl methyl sites for hydroxylation is 1. The Morgan fingerprint density at radius 3 is 2.09 bits per heavy atom. The molecule has 0 aliphatic rings. The van der Waals surface area contributed by atoms with E-state index < -0.39 is 21.4 Å². The molecule has 2 aromatic carbocycles. The number of nitrogens with one attached hydrogen (secondary N) is 1. The molecule has 0 saturated heterocycles. The van der Waals surface area contributed by atoms with Gasteiger partial charge in [0.05, 0.1) is 15.3 Å². The van der Waals surface area contributed by atoms with Gasteiger partial charge in [0.15, 0.2) is 0 Å². The highest BCUT2D eigenvalue weighted by Crippen LogP contribution is 2.30. The molecule has 1 N–H and O–H groups in total. The second-order valence-electron chi connectivity index (χ2n) is 5.25. The third kappa shape index (κ3) is 4.51. The summed E-state index contributed by atoms with van der Waals surface area (Å²) in [6, 6.07) is 11.6. The molecular formula is C17H18F3NOS. The zero-order chi connectivity index (χ0) is 17.1. The molecule has 0 aliphatic carbocycles. The summed E-state index contributed by atoms with van der Waals surface area (Å²) in [6.07, 6.45) is -2.42. The molecule has 0 aliphatic heterocycles. The first-order valence-electron chi connectivity index (χ1n) is 7.13. The van der Waals surface area contributed by atoms with E-state index in [1.165, 1.54) is 17.7 Å². The Morgan fingerprint density at radius 2 is 1.61 bits per heavy atom. The summed E-state index contributed by atoms with van der Waals surface area (Å²) in [4.78, 5) is 0.225. The van der Waals surface area contributed by atoms with Crippen LogP contribution in [0.5, 0.6) is 0 Å². The van der Waals surface area contributed by atoms with Crippen LogP contribution in [0.1, 0.15) is 24.5 Å². The zero-order valence-corrected chi connectivity index (χ0v) is 13.5. The van der Waals surface area contributed by atoms with Gasteiger partial charge in [0.25, 0.3) is 0 Å². The summed E-state index contributed by atoms with van der Waals surface area (Å²) in [7, 11) is -2.92. The van der Waals surface area contributed by atoms with Gasteiger partial charge < -0.3 is 4.72 Å². The molecule has 1 atom stereocenters. The van der Waals surface area contributed by atoms with Gasteiger partial charge in [-0.2, -0.15) is 13.2 Å². The lowest BCUT2D eigenvalue weighted by Crippen LogP contribution is -2.13. The van der Waals surface area contributed by atoms with E-state index in [0.717, 1.165) is 25.0 Å². The quantitative estimate of drug-likeness (QED) is 0.781. The molecule has 0 aromatic heterocycles. The van der Waals surface area contributed by atoms with E-state index in [0.29, 0.717) is 5.69 Å². The predicted molar refractivity (Wildman–Crippen MR) is 89.0 cm³/mol. The first-order valence-corrected chi connectivity index (χ1v) is 8.86. The summed E-state index contributed by atoms with van der Waals surface area (Å²) in [5.74, 6) is 3.62. The fourth-order valence-electron chi connectivity index (χ4n) is 2.14. The maximum Gasteiger partial charge on any atom is 0.416 e. The second kappa shape index (κ2) is 6.66. The fraction of sp³-hybridized carbons (Fsp3) is 0.235. The Morgan fingerprint density at radius 1 is 1.04 bits per heavy atom. The van der Waals surface area contributed by atoms with Crippen molar-refractivity contribution in [1.29, 1.82) is 0 Å². The van der Waals surface area contributed by atoms with Gasteiger partial charge in [-0.25, -0.2) is 4.21 Å². The minimum Gasteiger partial charge on any atom is -0.309 e. The Balaban J connectivity index is 2.18. The maximum absolute atomic E-state index is 12.6. The topological polar surface area (TPSA) is 29.1 Å². The number of alkyl halides is 3. The Bertz CT molecular complexity index is 748. The SMILES string of the molecule is C=S(=O)(Nc1ccc(CCC)cc1)c1ccc(C(F)(F)F)cc1. The molecule has 23 heavy (non-hydrogen) atoms. The lowest BCUT2D eigenvalue weighted by molar-refractivity contribution is -0.137. The van der Waals surface area contributed by atoms with Gasteiger partial charge in [-0.1, -0.05) is 25.5 Å². The van der Waals surface area contributed by atoms with Crippen LogP contribution in [0.3, 0.4) is 0 Å². The minimum absolute atomic E-state index is 0.225. The van der Waals surface area contributed by atoms with Crippen molar-refractivity contribution in [2.24, 2.45) is 0 Å². The average Bonchev–Trinajstić information content (AvgIpc) is 2.48. The van der Waals surface area contributed by atoms with E-state index in [1.807, 2.05) is 12.1 Å². The lowest BCUT2D eigenvalue weighted by Gasteiger charge is -2.14. The van der Waals surface area contributed by atoms with Crippen molar-refractivity contribution in [3.63, 3.8) is 0 Å². The smallest absolute Gasteiger partial charge is 0.309 e. The number of hydrogen-bond acceptors (Lipinski definition) is 1. The van der Waals surface area contributed by atoms with Gasteiger partial charge in [-0.3, -0.25) is 0 Å². The van der Waals surface area contributed by atoms with Gasteiger partial charge in [0.2, 0.25) is 0 Å². The summed E-state index contributed by atoms with van der Waals surface area (Å²) in [5.41, 5.74) is 1.01. The predicted octanol–water partition coefficient (Wildman–Crippen LogP) is 4.76. The average molecular weight is 341 g/mol. The molecule has 0 fully saturated rings. The fourth-order valence-corrected chi connectivity index (χ4v) is 3.35. The largest absolute Gasteiger partial charge is 0.416 e. The van der Waals surface area contributed by atoms with E-state index in [4.69, 9.17) is 0 Å². The summed E-state index contributed by atoms with van der Waals surface area (Å²) >= 11 is 0. The first kappa shape index (κ1) is 17.4. The summed E-state index contributed by atoms with van der Waals surface area (Å²) < 4.78 is 53.1. The first-order chi connectivity index (χ1) is 10.7. The molecule has 0 amide bonds. The van der Waals surface area contributed by atoms with Crippen molar-refractivity contribution in [2.45, 2.75) is 30.8 Å². The van der Waals surface area contributed by atoms with E-state index in [-0.39, 0.29) is 4.90 Å². The van der Waals surface area contributed by atoms with Gasteiger partial charge >= 0.3 is 6.18 Å². The molecule has 1 unspecified atom stereocenters. The van der Waals surface area contributed by atoms with Gasteiger partial charge in [-0.15, -0.1) is 0 Å². The van der Waals surface area contributed by atoms with Crippen molar-refractivity contribution in [3.8, 4) is 0 Å². The van der Waals surface area contributed by atoms with Crippen molar-refractivity contribution >= 4 is 21.3 Å². The Kier molecular flexibility index (Phi) is 5.04. The highest BCUT2D eigenvalue weighted by atomic mass is 32.2. The van der Waals surface area contributed by atoms with Gasteiger partial charge in [0, 0.05) is 10.6 Å². The maximum atomic E-state index is 12.6. The molecule has 2 nitrogen and oxygen atoms in total. The second-order valence-corrected chi connectivity index (χ2v) is 7.27. The Hall–Kier alpha value is -1.95. The highest BCUT2D eigenvalue weighted by Gasteiger charge is 2.30. The molecule has 6 heteroatoms. The summed E-state index contributed by atoms with van der Waals surface area (Å²) in [5, 5.41) is 0. The van der Waals surface area contributed by atoms with E-state index in [9.17, 15) is 17.4 Å². The van der Waals surface area contributed by atoms with Crippen molar-refractivity contribution < 1.29 is 17.4 Å². The zero-order valence-electron chi connectivity index (χ0n) is 12.7. The molecule has 0 radical (unpaired) electrons. The molecule has 2 aromatic rings. The number of benzene rings is 2. The lowest BCUT2D eigenvalue weighted by atomic mass is 10.1. The van der Waals surface area contributed by atoms with Crippen molar-refractivity contribution in [3.05, 3.63) is 59.7 Å². The van der Waals surface area contributed by atoms with E-state index in [2.05, 4.69) is 17.5 Å². The van der Waals surface area contributed by atoms with Crippen LogP contribution in [0, 0.1) is 0 Å². The highest BCUT2D eigenvalue weighted by molar-refractivity contribution is 8.01. The van der Waals surface area contributed by atoms with E-state index in [1.54, 1.807) is 12.1 Å². The van der Waals surface area contributed by atoms with Crippen LogP contribution < -0.4 is 4.72 Å². The van der Waals surface area contributed by atoms with Gasteiger partial charge in [-0.05, 0) is 54.3 Å². The van der Waals surface area contributed by atoms with Crippen LogP contribution in [0.2, 0.25) is 0 Å². The normalized spacial score (nSPS) is 14.3. The van der Waals surface area contributed by atoms with E-state index >= 15 is 0 Å². The van der Waals surface area contributed by atoms with Crippen LogP contribution in [0.4, 0.5) is 18.9 Å². The Labute approximate surface area is 134 Å². The van der Waals surface area contributed by atoms with Crippen LogP contribution in [-0.4, -0.2) is 10.1 Å². The monoisotopic (exact) mass is 341 g/mol. The molecule has 0 spiro atoms. The number of anilines is 1. The van der Waals surface area contributed by atoms with Crippen LogP contribution in [0.15, 0.2) is 53.4 Å². The van der Waals surface area contributed by atoms with Crippen LogP contribution in [-0.2, 0) is 22.3 Å². The van der Waals surface area contributed by atoms with Crippen LogP contribution >= 0.6 is 0 Å². The number of halogens is 3.